The second-order valence-electron chi connectivity index (χ2n) is 5.99. The average Bonchev–Trinajstić information content (AvgIpc) is 2.58. The standard InChI is InChI=1S/C17H18O2/c1-11-7-6-8-13-14(11)15(19)17(12(2)18)10-5-4-9-16(13,17)3/h4-11,14H,1-3H3. The van der Waals surface area contributed by atoms with E-state index < -0.39 is 10.8 Å². The van der Waals surface area contributed by atoms with E-state index in [0.29, 0.717) is 0 Å². The average molecular weight is 254 g/mol. The van der Waals surface area contributed by atoms with Crippen molar-refractivity contribution < 1.29 is 9.59 Å². The number of carbonyl (C=O) groups excluding carboxylic acids is 2. The van der Waals surface area contributed by atoms with Crippen molar-refractivity contribution in [2.75, 3.05) is 0 Å². The van der Waals surface area contributed by atoms with Gasteiger partial charge in [-0.2, -0.15) is 0 Å². The molecule has 2 nitrogen and oxygen atoms in total. The third kappa shape index (κ3) is 1.22. The molecule has 1 fully saturated rings. The van der Waals surface area contributed by atoms with Gasteiger partial charge >= 0.3 is 0 Å². The Labute approximate surface area is 113 Å². The SMILES string of the molecule is CC(=O)C12C=CC=CC1(C)C1=CC=CC(C)C1C2=O. The Hall–Kier alpha value is -1.70. The minimum atomic E-state index is -1.00. The maximum absolute atomic E-state index is 13.0. The molecular weight excluding hydrogens is 236 g/mol. The number of hydrogen-bond acceptors (Lipinski definition) is 2. The van der Waals surface area contributed by atoms with E-state index in [2.05, 4.69) is 0 Å². The molecule has 1 saturated carbocycles. The van der Waals surface area contributed by atoms with Crippen LogP contribution in [-0.4, -0.2) is 11.6 Å². The Balaban J connectivity index is 2.31. The Morgan fingerprint density at radius 2 is 1.89 bits per heavy atom. The number of Topliss-reactive ketones (excluding diaryl/α,β-unsaturated/α-hetero) is 2. The minimum absolute atomic E-state index is 0.0527. The van der Waals surface area contributed by atoms with Crippen LogP contribution in [-0.2, 0) is 9.59 Å². The molecule has 4 unspecified atom stereocenters. The van der Waals surface area contributed by atoms with Crippen molar-refractivity contribution in [3.05, 3.63) is 48.1 Å². The van der Waals surface area contributed by atoms with Gasteiger partial charge in [0.1, 0.15) is 11.2 Å². The Morgan fingerprint density at radius 1 is 1.21 bits per heavy atom. The van der Waals surface area contributed by atoms with E-state index in [1.165, 1.54) is 6.92 Å². The molecule has 0 saturated heterocycles. The van der Waals surface area contributed by atoms with E-state index in [1.807, 2.05) is 56.4 Å². The van der Waals surface area contributed by atoms with Crippen molar-refractivity contribution in [1.82, 2.24) is 0 Å². The van der Waals surface area contributed by atoms with Gasteiger partial charge in [0.05, 0.1) is 0 Å². The summed E-state index contributed by atoms with van der Waals surface area (Å²) < 4.78 is 0. The molecule has 2 heteroatoms. The molecule has 0 N–H and O–H groups in total. The fraction of sp³-hybridized carbons (Fsp3) is 0.412. The summed E-state index contributed by atoms with van der Waals surface area (Å²) >= 11 is 0. The van der Waals surface area contributed by atoms with Crippen molar-refractivity contribution in [1.29, 1.82) is 0 Å². The van der Waals surface area contributed by atoms with Crippen LogP contribution in [0.15, 0.2) is 48.1 Å². The number of carbonyl (C=O) groups is 2. The molecule has 3 aliphatic carbocycles. The maximum atomic E-state index is 13.0. The quantitative estimate of drug-likeness (QED) is 0.674. The molecule has 0 bridgehead atoms. The second-order valence-corrected chi connectivity index (χ2v) is 5.99. The number of fused-ring (bicyclic) bond motifs is 3. The predicted octanol–water partition coefficient (Wildman–Crippen LogP) is 3.03. The summed E-state index contributed by atoms with van der Waals surface area (Å²) in [7, 11) is 0. The molecule has 0 aromatic rings. The molecule has 0 spiro atoms. The molecule has 3 rings (SSSR count). The normalized spacial score (nSPS) is 42.9. The fourth-order valence-corrected chi connectivity index (χ4v) is 4.02. The maximum Gasteiger partial charge on any atom is 0.159 e. The topological polar surface area (TPSA) is 34.1 Å². The van der Waals surface area contributed by atoms with Crippen LogP contribution >= 0.6 is 0 Å². The number of rotatable bonds is 1. The lowest BCUT2D eigenvalue weighted by Gasteiger charge is -2.38. The Morgan fingerprint density at radius 3 is 2.58 bits per heavy atom. The minimum Gasteiger partial charge on any atom is -0.298 e. The predicted molar refractivity (Wildman–Crippen MR) is 74.4 cm³/mol. The van der Waals surface area contributed by atoms with Gasteiger partial charge in [-0.25, -0.2) is 0 Å². The first-order valence-corrected chi connectivity index (χ1v) is 6.76. The summed E-state index contributed by atoms with van der Waals surface area (Å²) in [6, 6.07) is 0. The van der Waals surface area contributed by atoms with Crippen molar-refractivity contribution in [3.63, 3.8) is 0 Å². The fourth-order valence-electron chi connectivity index (χ4n) is 4.02. The van der Waals surface area contributed by atoms with Crippen LogP contribution in [0.25, 0.3) is 0 Å². The molecular formula is C17H18O2. The highest BCUT2D eigenvalue weighted by Gasteiger charge is 2.65. The molecule has 3 aliphatic rings. The van der Waals surface area contributed by atoms with E-state index in [0.717, 1.165) is 5.57 Å². The highest BCUT2D eigenvalue weighted by atomic mass is 16.2. The molecule has 0 radical (unpaired) electrons. The summed E-state index contributed by atoms with van der Waals surface area (Å²) in [6.07, 6.45) is 13.7. The van der Waals surface area contributed by atoms with E-state index in [9.17, 15) is 9.59 Å². The van der Waals surface area contributed by atoms with Crippen molar-refractivity contribution in [3.8, 4) is 0 Å². The lowest BCUT2D eigenvalue weighted by Crippen LogP contribution is -2.45. The Kier molecular flexibility index (Phi) is 2.38. The lowest BCUT2D eigenvalue weighted by atomic mass is 9.61. The van der Waals surface area contributed by atoms with Gasteiger partial charge in [0.2, 0.25) is 0 Å². The van der Waals surface area contributed by atoms with Gasteiger partial charge in [-0.3, -0.25) is 9.59 Å². The number of hydrogen-bond donors (Lipinski definition) is 0. The van der Waals surface area contributed by atoms with E-state index in [-0.39, 0.29) is 23.4 Å². The van der Waals surface area contributed by atoms with Crippen LogP contribution in [0.3, 0.4) is 0 Å². The van der Waals surface area contributed by atoms with Crippen molar-refractivity contribution in [2.24, 2.45) is 22.7 Å². The smallest absolute Gasteiger partial charge is 0.159 e. The molecule has 19 heavy (non-hydrogen) atoms. The number of ketones is 2. The third-order valence-electron chi connectivity index (χ3n) is 5.08. The van der Waals surface area contributed by atoms with E-state index in [1.54, 1.807) is 0 Å². The van der Waals surface area contributed by atoms with Crippen LogP contribution in [0.4, 0.5) is 0 Å². The van der Waals surface area contributed by atoms with E-state index in [4.69, 9.17) is 0 Å². The van der Waals surface area contributed by atoms with Crippen LogP contribution in [0.5, 0.6) is 0 Å². The molecule has 0 aromatic carbocycles. The second kappa shape index (κ2) is 3.66. The summed E-state index contributed by atoms with van der Waals surface area (Å²) in [4.78, 5) is 25.3. The molecule has 0 aromatic heterocycles. The summed E-state index contributed by atoms with van der Waals surface area (Å²) in [5.41, 5.74) is -0.421. The van der Waals surface area contributed by atoms with Gasteiger partial charge in [-0.05, 0) is 18.4 Å². The van der Waals surface area contributed by atoms with Crippen molar-refractivity contribution >= 4 is 11.6 Å². The van der Waals surface area contributed by atoms with Crippen LogP contribution in [0, 0.1) is 22.7 Å². The Bertz CT molecular complexity index is 590. The first-order chi connectivity index (χ1) is 8.95. The largest absolute Gasteiger partial charge is 0.298 e. The third-order valence-corrected chi connectivity index (χ3v) is 5.08. The zero-order valence-electron chi connectivity index (χ0n) is 11.5. The molecule has 4 atom stereocenters. The highest BCUT2D eigenvalue weighted by molar-refractivity contribution is 6.14. The molecule has 0 amide bonds. The first kappa shape index (κ1) is 12.3. The van der Waals surface area contributed by atoms with Gasteiger partial charge < -0.3 is 0 Å². The van der Waals surface area contributed by atoms with E-state index >= 15 is 0 Å². The summed E-state index contributed by atoms with van der Waals surface area (Å²) in [5.74, 6) is 0.00792. The summed E-state index contributed by atoms with van der Waals surface area (Å²) in [6.45, 7) is 5.60. The van der Waals surface area contributed by atoms with Crippen LogP contribution in [0.1, 0.15) is 20.8 Å². The van der Waals surface area contributed by atoms with Gasteiger partial charge in [0.15, 0.2) is 5.78 Å². The molecule has 0 heterocycles. The first-order valence-electron chi connectivity index (χ1n) is 6.76. The highest BCUT2D eigenvalue weighted by Crippen LogP contribution is 2.62. The monoisotopic (exact) mass is 254 g/mol. The van der Waals surface area contributed by atoms with Gasteiger partial charge in [0, 0.05) is 11.3 Å². The van der Waals surface area contributed by atoms with Crippen LogP contribution < -0.4 is 0 Å². The zero-order chi connectivity index (χ0) is 13.8. The lowest BCUT2D eigenvalue weighted by molar-refractivity contribution is -0.139. The van der Waals surface area contributed by atoms with Crippen molar-refractivity contribution in [2.45, 2.75) is 20.8 Å². The van der Waals surface area contributed by atoms with Gasteiger partial charge in [-0.15, -0.1) is 0 Å². The molecule has 98 valence electrons. The molecule has 0 aliphatic heterocycles. The number of allylic oxidation sites excluding steroid dienone is 8. The zero-order valence-corrected chi connectivity index (χ0v) is 11.5. The summed E-state index contributed by atoms with van der Waals surface area (Å²) in [5, 5.41) is 0. The van der Waals surface area contributed by atoms with Crippen LogP contribution in [0.2, 0.25) is 0 Å². The van der Waals surface area contributed by atoms with Gasteiger partial charge in [0.25, 0.3) is 0 Å². The van der Waals surface area contributed by atoms with Gasteiger partial charge in [-0.1, -0.05) is 56.4 Å².